The number of hydrogen-bond donors (Lipinski definition) is 1. The van der Waals surface area contributed by atoms with Gasteiger partial charge in [0.25, 0.3) is 0 Å². The molecule has 1 rings (SSSR count). The lowest BCUT2D eigenvalue weighted by Crippen LogP contribution is -2.38. The van der Waals surface area contributed by atoms with Gasteiger partial charge in [0.15, 0.2) is 0 Å². The molecule has 0 saturated heterocycles. The summed E-state index contributed by atoms with van der Waals surface area (Å²) < 4.78 is 5.80. The first-order valence-electron chi connectivity index (χ1n) is 5.17. The van der Waals surface area contributed by atoms with E-state index in [0.29, 0.717) is 22.3 Å². The summed E-state index contributed by atoms with van der Waals surface area (Å²) in [6.45, 7) is 6.65. The SMILES string of the molecule is CC(C)(C)C(CN)Oc1cccc(Cl)c1Cl. The Morgan fingerprint density at radius 2 is 1.94 bits per heavy atom. The van der Waals surface area contributed by atoms with Crippen LogP contribution in [0.5, 0.6) is 5.75 Å². The van der Waals surface area contributed by atoms with Crippen LogP contribution >= 0.6 is 23.2 Å². The molecule has 0 fully saturated rings. The fraction of sp³-hybridized carbons (Fsp3) is 0.500. The third kappa shape index (κ3) is 3.27. The zero-order chi connectivity index (χ0) is 12.3. The molecule has 2 N–H and O–H groups in total. The van der Waals surface area contributed by atoms with Gasteiger partial charge in [0.2, 0.25) is 0 Å². The number of benzene rings is 1. The Kier molecular flexibility index (Phi) is 4.48. The Morgan fingerprint density at radius 3 is 2.44 bits per heavy atom. The molecule has 0 heterocycles. The first-order valence-corrected chi connectivity index (χ1v) is 5.92. The van der Waals surface area contributed by atoms with Crippen LogP contribution in [0.1, 0.15) is 20.8 Å². The third-order valence-corrected chi connectivity index (χ3v) is 3.17. The van der Waals surface area contributed by atoms with Gasteiger partial charge in [-0.1, -0.05) is 50.0 Å². The first-order chi connectivity index (χ1) is 7.36. The molecule has 1 unspecified atom stereocenters. The molecule has 0 aromatic heterocycles. The monoisotopic (exact) mass is 261 g/mol. The minimum absolute atomic E-state index is 0.0413. The lowest BCUT2D eigenvalue weighted by molar-refractivity contribution is 0.0943. The van der Waals surface area contributed by atoms with E-state index >= 15 is 0 Å². The second-order valence-corrected chi connectivity index (χ2v) is 5.55. The van der Waals surface area contributed by atoms with Gasteiger partial charge in [0.05, 0.1) is 5.02 Å². The Labute approximate surface area is 107 Å². The van der Waals surface area contributed by atoms with Crippen molar-refractivity contribution in [3.05, 3.63) is 28.2 Å². The average Bonchev–Trinajstić information content (AvgIpc) is 2.18. The van der Waals surface area contributed by atoms with E-state index in [1.807, 2.05) is 0 Å². The zero-order valence-electron chi connectivity index (χ0n) is 9.76. The number of halogens is 2. The summed E-state index contributed by atoms with van der Waals surface area (Å²) in [5.74, 6) is 0.583. The van der Waals surface area contributed by atoms with Gasteiger partial charge in [-0.25, -0.2) is 0 Å². The van der Waals surface area contributed by atoms with Crippen LogP contribution in [0, 0.1) is 5.41 Å². The van der Waals surface area contributed by atoms with E-state index in [-0.39, 0.29) is 11.5 Å². The average molecular weight is 262 g/mol. The summed E-state index contributed by atoms with van der Waals surface area (Å²) in [5, 5.41) is 0.927. The van der Waals surface area contributed by atoms with E-state index in [9.17, 15) is 0 Å². The first kappa shape index (κ1) is 13.6. The van der Waals surface area contributed by atoms with Crippen molar-refractivity contribution in [1.29, 1.82) is 0 Å². The molecule has 0 amide bonds. The van der Waals surface area contributed by atoms with Crippen LogP contribution in [0.15, 0.2) is 18.2 Å². The van der Waals surface area contributed by atoms with Gasteiger partial charge in [-0.3, -0.25) is 0 Å². The molecule has 0 spiro atoms. The molecule has 1 aromatic carbocycles. The van der Waals surface area contributed by atoms with Crippen molar-refractivity contribution in [2.24, 2.45) is 11.1 Å². The lowest BCUT2D eigenvalue weighted by atomic mass is 9.89. The van der Waals surface area contributed by atoms with Crippen LogP contribution in [-0.2, 0) is 0 Å². The van der Waals surface area contributed by atoms with Crippen molar-refractivity contribution in [2.75, 3.05) is 6.54 Å². The summed E-state index contributed by atoms with van der Waals surface area (Å²) >= 11 is 12.0. The van der Waals surface area contributed by atoms with E-state index in [2.05, 4.69) is 20.8 Å². The molecular formula is C12H17Cl2NO. The van der Waals surface area contributed by atoms with Crippen LogP contribution < -0.4 is 10.5 Å². The van der Waals surface area contributed by atoms with Gasteiger partial charge in [-0.05, 0) is 12.1 Å². The fourth-order valence-electron chi connectivity index (χ4n) is 1.31. The molecule has 90 valence electrons. The van der Waals surface area contributed by atoms with Gasteiger partial charge >= 0.3 is 0 Å². The summed E-state index contributed by atoms with van der Waals surface area (Å²) in [5.41, 5.74) is 5.65. The van der Waals surface area contributed by atoms with Gasteiger partial charge in [0.1, 0.15) is 16.9 Å². The molecule has 2 nitrogen and oxygen atoms in total. The van der Waals surface area contributed by atoms with Crippen molar-refractivity contribution < 1.29 is 4.74 Å². The fourth-order valence-corrected chi connectivity index (χ4v) is 1.64. The van der Waals surface area contributed by atoms with Crippen molar-refractivity contribution >= 4 is 23.2 Å². The number of nitrogens with two attached hydrogens (primary N) is 1. The van der Waals surface area contributed by atoms with E-state index in [4.69, 9.17) is 33.7 Å². The largest absolute Gasteiger partial charge is 0.487 e. The maximum atomic E-state index is 6.05. The molecule has 0 saturated carbocycles. The van der Waals surface area contributed by atoms with Gasteiger partial charge in [-0.15, -0.1) is 0 Å². The lowest BCUT2D eigenvalue weighted by Gasteiger charge is -2.30. The van der Waals surface area contributed by atoms with Gasteiger partial charge in [0, 0.05) is 12.0 Å². The maximum Gasteiger partial charge on any atom is 0.139 e. The third-order valence-electron chi connectivity index (χ3n) is 2.37. The minimum Gasteiger partial charge on any atom is -0.487 e. The highest BCUT2D eigenvalue weighted by atomic mass is 35.5. The molecule has 0 aliphatic heterocycles. The number of rotatable bonds is 3. The van der Waals surface area contributed by atoms with E-state index in [0.717, 1.165) is 0 Å². The highest BCUT2D eigenvalue weighted by Gasteiger charge is 2.26. The number of ether oxygens (including phenoxy) is 1. The summed E-state index contributed by atoms with van der Waals surface area (Å²) in [7, 11) is 0. The van der Waals surface area contributed by atoms with Crippen LogP contribution in [0.3, 0.4) is 0 Å². The molecule has 1 aromatic rings. The molecule has 0 bridgehead atoms. The quantitative estimate of drug-likeness (QED) is 0.900. The number of hydrogen-bond acceptors (Lipinski definition) is 2. The van der Waals surface area contributed by atoms with Crippen LogP contribution in [0.4, 0.5) is 0 Å². The molecule has 0 radical (unpaired) electrons. The Bertz CT molecular complexity index is 361. The molecule has 1 atom stereocenters. The molecule has 0 aliphatic rings. The molecular weight excluding hydrogens is 245 g/mol. The standard InChI is InChI=1S/C12H17Cl2NO/c1-12(2,3)10(7-15)16-9-6-4-5-8(13)11(9)14/h4-6,10H,7,15H2,1-3H3. The molecule has 16 heavy (non-hydrogen) atoms. The highest BCUT2D eigenvalue weighted by molar-refractivity contribution is 6.42. The summed E-state index contributed by atoms with van der Waals surface area (Å²) in [4.78, 5) is 0. The smallest absolute Gasteiger partial charge is 0.139 e. The maximum absolute atomic E-state index is 6.05. The van der Waals surface area contributed by atoms with E-state index in [1.165, 1.54) is 0 Å². The van der Waals surface area contributed by atoms with E-state index in [1.54, 1.807) is 18.2 Å². The normalized spacial score (nSPS) is 13.6. The van der Waals surface area contributed by atoms with Crippen molar-refractivity contribution in [2.45, 2.75) is 26.9 Å². The second-order valence-electron chi connectivity index (χ2n) is 4.76. The topological polar surface area (TPSA) is 35.2 Å². The van der Waals surface area contributed by atoms with Crippen LogP contribution in [-0.4, -0.2) is 12.6 Å². The van der Waals surface area contributed by atoms with Gasteiger partial charge < -0.3 is 10.5 Å². The zero-order valence-corrected chi connectivity index (χ0v) is 11.3. The predicted molar refractivity (Wildman–Crippen MR) is 69.4 cm³/mol. The summed E-state index contributed by atoms with van der Waals surface area (Å²) in [6.07, 6.45) is -0.0940. The highest BCUT2D eigenvalue weighted by Crippen LogP contribution is 2.34. The Morgan fingerprint density at radius 1 is 1.31 bits per heavy atom. The molecule has 4 heteroatoms. The Hall–Kier alpha value is -0.440. The second kappa shape index (κ2) is 5.26. The van der Waals surface area contributed by atoms with Gasteiger partial charge in [-0.2, -0.15) is 0 Å². The van der Waals surface area contributed by atoms with Crippen LogP contribution in [0.25, 0.3) is 0 Å². The summed E-state index contributed by atoms with van der Waals surface area (Å²) in [6, 6.07) is 5.33. The minimum atomic E-state index is -0.0940. The Balaban J connectivity index is 2.91. The van der Waals surface area contributed by atoms with Crippen LogP contribution in [0.2, 0.25) is 10.0 Å². The predicted octanol–water partition coefficient (Wildman–Crippen LogP) is 3.75. The molecule has 0 aliphatic carbocycles. The van der Waals surface area contributed by atoms with Crippen molar-refractivity contribution in [3.63, 3.8) is 0 Å². The van der Waals surface area contributed by atoms with Crippen molar-refractivity contribution in [1.82, 2.24) is 0 Å². The van der Waals surface area contributed by atoms with E-state index < -0.39 is 0 Å². The van der Waals surface area contributed by atoms with Crippen molar-refractivity contribution in [3.8, 4) is 5.75 Å².